The number of hydrogen-bond donors (Lipinski definition) is 3. The fourth-order valence-corrected chi connectivity index (χ4v) is 2.63. The summed E-state index contributed by atoms with van der Waals surface area (Å²) in [5.41, 5.74) is 6.85. The van der Waals surface area contributed by atoms with Crippen LogP contribution in [-0.2, 0) is 14.3 Å². The lowest BCUT2D eigenvalue weighted by atomic mass is 10.2. The molecule has 21 heavy (non-hydrogen) atoms. The van der Waals surface area contributed by atoms with Gasteiger partial charge in [-0.25, -0.2) is 0 Å². The zero-order valence-electron chi connectivity index (χ0n) is 11.5. The number of amides is 2. The first-order valence-corrected chi connectivity index (χ1v) is 7.20. The number of nitrogens with one attached hydrogen (secondary N) is 2. The average molecular weight is 332 g/mol. The first-order chi connectivity index (χ1) is 9.62. The van der Waals surface area contributed by atoms with Gasteiger partial charge in [0.05, 0.1) is 24.0 Å². The summed E-state index contributed by atoms with van der Waals surface area (Å²) in [6.07, 6.45) is -0.0894. The van der Waals surface area contributed by atoms with E-state index in [9.17, 15) is 9.59 Å². The molecule has 0 aromatic heterocycles. The van der Waals surface area contributed by atoms with Crippen molar-refractivity contribution in [1.29, 1.82) is 0 Å². The lowest BCUT2D eigenvalue weighted by Crippen LogP contribution is -2.28. The number of benzene rings is 1. The molecule has 1 aromatic carbocycles. The van der Waals surface area contributed by atoms with Gasteiger partial charge in [-0.05, 0) is 18.2 Å². The fraction of sp³-hybridized carbons (Fsp3) is 0.385. The maximum absolute atomic E-state index is 11.8. The van der Waals surface area contributed by atoms with E-state index in [2.05, 4.69) is 10.6 Å². The molecule has 6 nitrogen and oxygen atoms in total. The zero-order valence-corrected chi connectivity index (χ0v) is 13.2. The van der Waals surface area contributed by atoms with Gasteiger partial charge in [0.1, 0.15) is 0 Å². The predicted octanol–water partition coefficient (Wildman–Crippen LogP) is 1.45. The number of rotatable bonds is 5. The van der Waals surface area contributed by atoms with Gasteiger partial charge in [-0.1, -0.05) is 0 Å². The molecule has 0 aliphatic carbocycles. The van der Waals surface area contributed by atoms with Crippen LogP contribution < -0.4 is 16.4 Å². The Labute approximate surface area is 133 Å². The second-order valence-corrected chi connectivity index (χ2v) is 5.41. The Morgan fingerprint density at radius 2 is 2.33 bits per heavy atom. The van der Waals surface area contributed by atoms with E-state index < -0.39 is 0 Å². The third-order valence-corrected chi connectivity index (χ3v) is 3.98. The van der Waals surface area contributed by atoms with E-state index in [1.54, 1.807) is 6.07 Å². The number of nitrogens with two attached hydrogens (primary N) is 1. The van der Waals surface area contributed by atoms with Crippen molar-refractivity contribution in [2.75, 3.05) is 30.0 Å². The number of halogens is 1. The summed E-state index contributed by atoms with van der Waals surface area (Å²) < 4.78 is 5.07. The van der Waals surface area contributed by atoms with Crippen molar-refractivity contribution in [3.8, 4) is 0 Å². The fourth-order valence-electron chi connectivity index (χ4n) is 1.84. The first kappa shape index (κ1) is 17.8. The van der Waals surface area contributed by atoms with Gasteiger partial charge < -0.3 is 21.1 Å². The number of fused-ring (bicyclic) bond motifs is 1. The van der Waals surface area contributed by atoms with Crippen LogP contribution in [0.25, 0.3) is 0 Å². The van der Waals surface area contributed by atoms with E-state index >= 15 is 0 Å². The molecule has 2 rings (SSSR count). The molecule has 8 heteroatoms. The number of hydrogen-bond acceptors (Lipinski definition) is 5. The molecule has 1 aliphatic rings. The number of thioether (sulfide) groups is 1. The van der Waals surface area contributed by atoms with Crippen molar-refractivity contribution in [3.05, 3.63) is 18.2 Å². The third kappa shape index (κ3) is 4.89. The normalized spacial score (nSPS) is 14.5. The number of carbonyl (C=O) groups is 2. The molecule has 2 amide bonds. The standard InChI is InChI=1S/C13H17N3O3S.ClH/c1-19-9(6-14)5-12(17)15-8-2-3-11-10(4-8)16-13(18)7-20-11;/h2-4,9H,5-7,14H2,1H3,(H,15,17)(H,16,18);1H. The highest BCUT2D eigenvalue weighted by Crippen LogP contribution is 2.33. The molecule has 1 aromatic rings. The Balaban J connectivity index is 0.00000220. The van der Waals surface area contributed by atoms with Gasteiger partial charge in [0.15, 0.2) is 0 Å². The molecule has 0 saturated carbocycles. The predicted molar refractivity (Wildman–Crippen MR) is 86.1 cm³/mol. The molecule has 1 heterocycles. The summed E-state index contributed by atoms with van der Waals surface area (Å²) in [5, 5.41) is 5.55. The lowest BCUT2D eigenvalue weighted by molar-refractivity contribution is -0.118. The largest absolute Gasteiger partial charge is 0.380 e. The molecule has 4 N–H and O–H groups in total. The van der Waals surface area contributed by atoms with Crippen LogP contribution in [0.3, 0.4) is 0 Å². The third-order valence-electron chi connectivity index (χ3n) is 2.91. The molecular weight excluding hydrogens is 314 g/mol. The molecule has 0 bridgehead atoms. The second kappa shape index (κ2) is 8.23. The van der Waals surface area contributed by atoms with Gasteiger partial charge >= 0.3 is 0 Å². The topological polar surface area (TPSA) is 93.4 Å². The number of methoxy groups -OCH3 is 1. The summed E-state index contributed by atoms with van der Waals surface area (Å²) in [4.78, 5) is 24.2. The van der Waals surface area contributed by atoms with Gasteiger partial charge in [0.25, 0.3) is 0 Å². The molecule has 1 unspecified atom stereocenters. The first-order valence-electron chi connectivity index (χ1n) is 6.21. The van der Waals surface area contributed by atoms with E-state index in [-0.39, 0.29) is 36.7 Å². The Morgan fingerprint density at radius 1 is 1.57 bits per heavy atom. The highest BCUT2D eigenvalue weighted by molar-refractivity contribution is 8.00. The molecule has 0 fully saturated rings. The molecule has 0 spiro atoms. The molecule has 1 atom stereocenters. The van der Waals surface area contributed by atoms with Gasteiger partial charge in [-0.3, -0.25) is 9.59 Å². The monoisotopic (exact) mass is 331 g/mol. The second-order valence-electron chi connectivity index (χ2n) is 4.39. The maximum atomic E-state index is 11.8. The Hall–Kier alpha value is -1.28. The minimum atomic E-state index is -0.289. The summed E-state index contributed by atoms with van der Waals surface area (Å²) >= 11 is 1.48. The van der Waals surface area contributed by atoms with E-state index in [0.717, 1.165) is 10.6 Å². The average Bonchev–Trinajstić information content (AvgIpc) is 2.44. The number of ether oxygens (including phenoxy) is 1. The van der Waals surface area contributed by atoms with Gasteiger partial charge in [0.2, 0.25) is 11.8 Å². The summed E-state index contributed by atoms with van der Waals surface area (Å²) in [6, 6.07) is 5.44. The van der Waals surface area contributed by atoms with Crippen LogP contribution in [-0.4, -0.2) is 37.3 Å². The zero-order chi connectivity index (χ0) is 14.5. The van der Waals surface area contributed by atoms with Crippen molar-refractivity contribution in [1.82, 2.24) is 0 Å². The number of anilines is 2. The molecular formula is C13H18ClN3O3S. The molecule has 1 aliphatic heterocycles. The highest BCUT2D eigenvalue weighted by Gasteiger charge is 2.16. The van der Waals surface area contributed by atoms with Crippen LogP contribution in [0.1, 0.15) is 6.42 Å². The van der Waals surface area contributed by atoms with E-state index in [0.29, 0.717) is 18.0 Å². The summed E-state index contributed by atoms with van der Waals surface area (Å²) in [5.74, 6) is 0.218. The Morgan fingerprint density at radius 3 is 3.00 bits per heavy atom. The van der Waals surface area contributed by atoms with Crippen molar-refractivity contribution in [2.24, 2.45) is 5.73 Å². The van der Waals surface area contributed by atoms with Crippen LogP contribution >= 0.6 is 24.2 Å². The van der Waals surface area contributed by atoms with Crippen LogP contribution in [0, 0.1) is 0 Å². The summed E-state index contributed by atoms with van der Waals surface area (Å²) in [7, 11) is 1.52. The SMILES string of the molecule is COC(CN)CC(=O)Nc1ccc2c(c1)NC(=O)CS2.Cl. The van der Waals surface area contributed by atoms with Crippen LogP contribution in [0.4, 0.5) is 11.4 Å². The Bertz CT molecular complexity index is 523. The Kier molecular flexibility index (Phi) is 6.97. The van der Waals surface area contributed by atoms with Gasteiger partial charge in [0, 0.05) is 24.2 Å². The van der Waals surface area contributed by atoms with E-state index in [4.69, 9.17) is 10.5 Å². The molecule has 116 valence electrons. The van der Waals surface area contributed by atoms with E-state index in [1.165, 1.54) is 18.9 Å². The van der Waals surface area contributed by atoms with Gasteiger partial charge in [-0.15, -0.1) is 24.2 Å². The van der Waals surface area contributed by atoms with Crippen molar-refractivity contribution in [3.63, 3.8) is 0 Å². The van der Waals surface area contributed by atoms with Crippen molar-refractivity contribution >= 4 is 47.4 Å². The molecule has 0 saturated heterocycles. The minimum absolute atomic E-state index is 0. The van der Waals surface area contributed by atoms with Gasteiger partial charge in [-0.2, -0.15) is 0 Å². The van der Waals surface area contributed by atoms with Crippen LogP contribution in [0.5, 0.6) is 0 Å². The van der Waals surface area contributed by atoms with Crippen molar-refractivity contribution < 1.29 is 14.3 Å². The van der Waals surface area contributed by atoms with Crippen LogP contribution in [0.2, 0.25) is 0 Å². The summed E-state index contributed by atoms with van der Waals surface area (Å²) in [6.45, 7) is 0.292. The highest BCUT2D eigenvalue weighted by atomic mass is 35.5. The smallest absolute Gasteiger partial charge is 0.234 e. The van der Waals surface area contributed by atoms with Crippen LogP contribution in [0.15, 0.2) is 23.1 Å². The van der Waals surface area contributed by atoms with E-state index in [1.807, 2.05) is 12.1 Å². The number of carbonyl (C=O) groups excluding carboxylic acids is 2. The minimum Gasteiger partial charge on any atom is -0.380 e. The molecule has 0 radical (unpaired) electrons. The quantitative estimate of drug-likeness (QED) is 0.759. The van der Waals surface area contributed by atoms with Crippen molar-refractivity contribution in [2.45, 2.75) is 17.4 Å². The lowest BCUT2D eigenvalue weighted by Gasteiger charge is -2.18. The maximum Gasteiger partial charge on any atom is 0.234 e.